The van der Waals surface area contributed by atoms with Crippen molar-refractivity contribution < 1.29 is 36.6 Å². The molecular formula is C19H14F4O4. The maximum Gasteiger partial charge on any atom is 0.335 e. The summed E-state index contributed by atoms with van der Waals surface area (Å²) in [7, 11) is 0. The molecule has 1 rings (SSSR count). The van der Waals surface area contributed by atoms with Gasteiger partial charge in [0.05, 0.1) is 0 Å². The molecule has 0 atom stereocenters. The minimum atomic E-state index is -1.55. The van der Waals surface area contributed by atoms with Crippen molar-refractivity contribution in [2.75, 3.05) is 6.67 Å². The highest BCUT2D eigenvalue weighted by molar-refractivity contribution is 5.84. The van der Waals surface area contributed by atoms with E-state index in [9.17, 15) is 27.2 Å². The van der Waals surface area contributed by atoms with E-state index in [1.165, 1.54) is 0 Å². The molecule has 0 fully saturated rings. The second-order valence-corrected chi connectivity index (χ2v) is 4.75. The van der Waals surface area contributed by atoms with Crippen LogP contribution in [0, 0.1) is 11.6 Å². The molecule has 0 spiro atoms. The summed E-state index contributed by atoms with van der Waals surface area (Å²) in [5, 5.41) is 0. The van der Waals surface area contributed by atoms with Crippen molar-refractivity contribution in [3.05, 3.63) is 85.0 Å². The number of hydrogen-bond acceptors (Lipinski definition) is 4. The first-order valence-electron chi connectivity index (χ1n) is 7.23. The SMILES string of the molecule is C=CC(=O)OC(/C=C\C(=C)c1ccc(OC(=O)C=C)c(F)c1F)=C(\F)CF. The molecule has 0 unspecified atom stereocenters. The lowest BCUT2D eigenvalue weighted by Crippen LogP contribution is -2.06. The molecule has 142 valence electrons. The third-order valence-electron chi connectivity index (χ3n) is 2.97. The van der Waals surface area contributed by atoms with E-state index in [0.717, 1.165) is 36.4 Å². The third-order valence-corrected chi connectivity index (χ3v) is 2.97. The summed E-state index contributed by atoms with van der Waals surface area (Å²) in [6, 6.07) is 2.03. The van der Waals surface area contributed by atoms with Crippen molar-refractivity contribution in [3.63, 3.8) is 0 Å². The van der Waals surface area contributed by atoms with Gasteiger partial charge in [-0.25, -0.2) is 22.8 Å². The molecule has 1 aromatic rings. The van der Waals surface area contributed by atoms with Crippen LogP contribution in [0.5, 0.6) is 5.75 Å². The molecule has 0 aliphatic rings. The summed E-state index contributed by atoms with van der Waals surface area (Å²) in [5.41, 5.74) is -0.510. The van der Waals surface area contributed by atoms with Gasteiger partial charge < -0.3 is 9.47 Å². The van der Waals surface area contributed by atoms with E-state index in [1.807, 2.05) is 0 Å². The van der Waals surface area contributed by atoms with E-state index in [2.05, 4.69) is 29.2 Å². The van der Waals surface area contributed by atoms with Crippen LogP contribution in [0.15, 0.2) is 67.8 Å². The van der Waals surface area contributed by atoms with E-state index in [4.69, 9.17) is 0 Å². The predicted molar refractivity (Wildman–Crippen MR) is 90.8 cm³/mol. The number of allylic oxidation sites excluding steroid dienone is 4. The van der Waals surface area contributed by atoms with Gasteiger partial charge in [0.25, 0.3) is 0 Å². The quantitative estimate of drug-likeness (QED) is 0.166. The molecule has 0 aromatic heterocycles. The Hall–Kier alpha value is -3.42. The highest BCUT2D eigenvalue weighted by Gasteiger charge is 2.17. The lowest BCUT2D eigenvalue weighted by Gasteiger charge is -2.08. The Bertz CT molecular complexity index is 854. The monoisotopic (exact) mass is 382 g/mol. The second-order valence-electron chi connectivity index (χ2n) is 4.75. The molecule has 0 amide bonds. The zero-order valence-electron chi connectivity index (χ0n) is 13.9. The Morgan fingerprint density at radius 1 is 1.04 bits per heavy atom. The first kappa shape index (κ1) is 21.6. The topological polar surface area (TPSA) is 52.6 Å². The standard InChI is InChI=1S/C19H14F4O4/c1-4-16(24)26-14(13(21)10-20)8-6-11(3)12-7-9-15(19(23)18(12)22)27-17(25)5-2/h4-9H,1-3,10H2/b8-6-,14-13-. The molecule has 27 heavy (non-hydrogen) atoms. The molecule has 0 bridgehead atoms. The summed E-state index contributed by atoms with van der Waals surface area (Å²) in [5.74, 6) is -7.72. The number of alkyl halides is 1. The molecule has 8 heteroatoms. The fraction of sp³-hybridized carbons (Fsp3) is 0.0526. The largest absolute Gasteiger partial charge is 0.420 e. The van der Waals surface area contributed by atoms with Gasteiger partial charge in [0.1, 0.15) is 6.67 Å². The first-order valence-corrected chi connectivity index (χ1v) is 7.23. The molecule has 0 heterocycles. The molecule has 0 N–H and O–H groups in total. The van der Waals surface area contributed by atoms with E-state index in [1.54, 1.807) is 0 Å². The van der Waals surface area contributed by atoms with E-state index >= 15 is 0 Å². The Morgan fingerprint density at radius 2 is 1.67 bits per heavy atom. The molecule has 0 aliphatic heterocycles. The van der Waals surface area contributed by atoms with Crippen LogP contribution in [0.25, 0.3) is 5.57 Å². The average molecular weight is 382 g/mol. The van der Waals surface area contributed by atoms with Gasteiger partial charge >= 0.3 is 11.9 Å². The molecule has 0 radical (unpaired) electrons. The second kappa shape index (κ2) is 9.91. The predicted octanol–water partition coefficient (Wildman–Crippen LogP) is 4.51. The van der Waals surface area contributed by atoms with Crippen molar-refractivity contribution in [1.29, 1.82) is 0 Å². The number of carbonyl (C=O) groups is 2. The number of halogens is 4. The van der Waals surface area contributed by atoms with Crippen molar-refractivity contribution in [2.45, 2.75) is 0 Å². The third kappa shape index (κ3) is 5.81. The van der Waals surface area contributed by atoms with Gasteiger partial charge in [0, 0.05) is 17.7 Å². The van der Waals surface area contributed by atoms with Crippen molar-refractivity contribution in [1.82, 2.24) is 0 Å². The van der Waals surface area contributed by atoms with Gasteiger partial charge in [-0.1, -0.05) is 25.8 Å². The van der Waals surface area contributed by atoms with Crippen LogP contribution < -0.4 is 4.74 Å². The zero-order chi connectivity index (χ0) is 20.6. The number of hydrogen-bond donors (Lipinski definition) is 0. The van der Waals surface area contributed by atoms with Crippen LogP contribution in [-0.2, 0) is 14.3 Å². The summed E-state index contributed by atoms with van der Waals surface area (Å²) in [6.07, 6.45) is 3.30. The molecule has 4 nitrogen and oxygen atoms in total. The van der Waals surface area contributed by atoms with Crippen LogP contribution in [0.4, 0.5) is 17.6 Å². The average Bonchev–Trinajstić information content (AvgIpc) is 2.67. The molecule has 0 aliphatic carbocycles. The lowest BCUT2D eigenvalue weighted by molar-refractivity contribution is -0.133. The normalized spacial score (nSPS) is 11.6. The first-order chi connectivity index (χ1) is 12.7. The van der Waals surface area contributed by atoms with E-state index < -0.39 is 47.6 Å². The van der Waals surface area contributed by atoms with Crippen molar-refractivity contribution >= 4 is 17.5 Å². The van der Waals surface area contributed by atoms with Crippen LogP contribution in [-0.4, -0.2) is 18.6 Å². The van der Waals surface area contributed by atoms with E-state index in [0.29, 0.717) is 0 Å². The summed E-state index contributed by atoms with van der Waals surface area (Å²) < 4.78 is 63.0. The summed E-state index contributed by atoms with van der Waals surface area (Å²) in [4.78, 5) is 22.2. The van der Waals surface area contributed by atoms with Crippen LogP contribution in [0.3, 0.4) is 0 Å². The summed E-state index contributed by atoms with van der Waals surface area (Å²) >= 11 is 0. The lowest BCUT2D eigenvalue weighted by atomic mass is 10.1. The number of esters is 2. The van der Waals surface area contributed by atoms with Crippen molar-refractivity contribution in [3.8, 4) is 5.75 Å². The van der Waals surface area contributed by atoms with Gasteiger partial charge in [-0.15, -0.1) is 0 Å². The van der Waals surface area contributed by atoms with Gasteiger partial charge in [0.15, 0.2) is 23.2 Å². The smallest absolute Gasteiger partial charge is 0.335 e. The van der Waals surface area contributed by atoms with E-state index in [-0.39, 0.29) is 11.1 Å². The highest BCUT2D eigenvalue weighted by atomic mass is 19.2. The zero-order valence-corrected chi connectivity index (χ0v) is 13.9. The Balaban J connectivity index is 3.14. The van der Waals surface area contributed by atoms with Crippen molar-refractivity contribution in [2.24, 2.45) is 0 Å². The van der Waals surface area contributed by atoms with Gasteiger partial charge in [0.2, 0.25) is 5.82 Å². The maximum absolute atomic E-state index is 14.1. The number of carbonyl (C=O) groups excluding carboxylic acids is 2. The maximum atomic E-state index is 14.1. The van der Waals surface area contributed by atoms with Gasteiger partial charge in [-0.2, -0.15) is 4.39 Å². The number of benzene rings is 1. The fourth-order valence-corrected chi connectivity index (χ4v) is 1.67. The Kier molecular flexibility index (Phi) is 7.93. The molecule has 0 saturated heterocycles. The minimum absolute atomic E-state index is 0.160. The van der Waals surface area contributed by atoms with Crippen LogP contribution >= 0.6 is 0 Å². The number of rotatable bonds is 8. The summed E-state index contributed by atoms with van der Waals surface area (Å²) in [6.45, 7) is 8.16. The van der Waals surface area contributed by atoms with Crippen LogP contribution in [0.2, 0.25) is 0 Å². The molecule has 1 aromatic carbocycles. The molecule has 0 saturated carbocycles. The minimum Gasteiger partial charge on any atom is -0.420 e. The molecular weight excluding hydrogens is 368 g/mol. The Labute approximate surface area is 152 Å². The van der Waals surface area contributed by atoms with Gasteiger partial charge in [-0.3, -0.25) is 0 Å². The Morgan fingerprint density at radius 3 is 2.22 bits per heavy atom. The van der Waals surface area contributed by atoms with Gasteiger partial charge in [-0.05, 0) is 23.8 Å². The van der Waals surface area contributed by atoms with Crippen LogP contribution in [0.1, 0.15) is 5.56 Å². The highest BCUT2D eigenvalue weighted by Crippen LogP contribution is 2.27. The fourth-order valence-electron chi connectivity index (χ4n) is 1.67. The number of ether oxygens (including phenoxy) is 2.